The summed E-state index contributed by atoms with van der Waals surface area (Å²) in [5.74, 6) is -0.402. The van der Waals surface area contributed by atoms with Crippen molar-refractivity contribution in [2.45, 2.75) is 12.8 Å². The lowest BCUT2D eigenvalue weighted by molar-refractivity contribution is -0.122. The molecule has 1 unspecified atom stereocenters. The molecule has 0 bridgehead atoms. The van der Waals surface area contributed by atoms with Gasteiger partial charge >= 0.3 is 6.01 Å². The topological polar surface area (TPSA) is 88.3 Å². The average molecular weight is 362 g/mol. The lowest BCUT2D eigenvalue weighted by atomic mass is 10.1. The first kappa shape index (κ1) is 17.0. The number of carbonyl (C=O) groups excluding carboxylic acids is 2. The lowest BCUT2D eigenvalue weighted by Crippen LogP contribution is -2.28. The highest BCUT2D eigenvalue weighted by molar-refractivity contribution is 6.02. The van der Waals surface area contributed by atoms with E-state index in [1.54, 1.807) is 4.90 Å². The Labute approximate surface area is 156 Å². The summed E-state index contributed by atoms with van der Waals surface area (Å²) in [5.41, 5.74) is 1.83. The van der Waals surface area contributed by atoms with Gasteiger partial charge in [-0.3, -0.25) is 14.9 Å². The number of hydrogen-bond acceptors (Lipinski definition) is 5. The molecule has 27 heavy (non-hydrogen) atoms. The number of amides is 2. The Morgan fingerprint density at radius 3 is 2.52 bits per heavy atom. The molecule has 2 amide bonds. The highest BCUT2D eigenvalue weighted by Gasteiger charge is 2.35. The van der Waals surface area contributed by atoms with Crippen LogP contribution in [0.2, 0.25) is 0 Å². The molecule has 136 valence electrons. The van der Waals surface area contributed by atoms with Gasteiger partial charge in [-0.2, -0.15) is 0 Å². The van der Waals surface area contributed by atoms with Crippen molar-refractivity contribution in [1.29, 1.82) is 0 Å². The minimum absolute atomic E-state index is 0.0524. The maximum atomic E-state index is 12.5. The first-order chi connectivity index (χ1) is 13.2. The van der Waals surface area contributed by atoms with Crippen molar-refractivity contribution in [3.63, 3.8) is 0 Å². The van der Waals surface area contributed by atoms with Crippen molar-refractivity contribution in [1.82, 2.24) is 10.2 Å². The largest absolute Gasteiger partial charge is 0.407 e. The maximum absolute atomic E-state index is 12.5. The summed E-state index contributed by atoms with van der Waals surface area (Å²) in [6.07, 6.45) is 0.652. The molecule has 1 aliphatic rings. The minimum atomic E-state index is -0.456. The summed E-state index contributed by atoms with van der Waals surface area (Å²) >= 11 is 0. The van der Waals surface area contributed by atoms with E-state index >= 15 is 0 Å². The third kappa shape index (κ3) is 3.87. The summed E-state index contributed by atoms with van der Waals surface area (Å²) < 4.78 is 5.50. The highest BCUT2D eigenvalue weighted by atomic mass is 16.4. The Morgan fingerprint density at radius 2 is 1.78 bits per heavy atom. The van der Waals surface area contributed by atoms with Crippen LogP contribution in [0.4, 0.5) is 11.7 Å². The van der Waals surface area contributed by atoms with Crippen LogP contribution in [0.5, 0.6) is 0 Å². The smallest absolute Gasteiger partial charge is 0.322 e. The van der Waals surface area contributed by atoms with Gasteiger partial charge in [0.05, 0.1) is 12.3 Å². The molecule has 7 heteroatoms. The highest BCUT2D eigenvalue weighted by Crippen LogP contribution is 2.25. The van der Waals surface area contributed by atoms with Crippen LogP contribution in [0.15, 0.2) is 65.1 Å². The number of aromatic nitrogens is 2. The van der Waals surface area contributed by atoms with Crippen molar-refractivity contribution >= 4 is 23.5 Å². The van der Waals surface area contributed by atoms with Gasteiger partial charge in [0.2, 0.25) is 17.7 Å². The molecule has 0 radical (unpaired) electrons. The second-order valence-electron chi connectivity index (χ2n) is 6.39. The Balaban J connectivity index is 1.38. The summed E-state index contributed by atoms with van der Waals surface area (Å²) in [5, 5.41) is 10.5. The molecule has 4 rings (SSSR count). The van der Waals surface area contributed by atoms with E-state index < -0.39 is 5.92 Å². The number of nitrogens with zero attached hydrogens (tertiary/aromatic N) is 3. The van der Waals surface area contributed by atoms with Gasteiger partial charge in [-0.05, 0) is 17.7 Å². The van der Waals surface area contributed by atoms with Gasteiger partial charge in [-0.15, -0.1) is 5.10 Å². The predicted octanol–water partition coefficient (Wildman–Crippen LogP) is 2.65. The monoisotopic (exact) mass is 362 g/mol. The molecule has 0 spiro atoms. The van der Waals surface area contributed by atoms with E-state index in [1.807, 2.05) is 60.7 Å². The van der Waals surface area contributed by atoms with Crippen LogP contribution >= 0.6 is 0 Å². The summed E-state index contributed by atoms with van der Waals surface area (Å²) in [4.78, 5) is 26.4. The molecule has 7 nitrogen and oxygen atoms in total. The number of para-hydroxylation sites is 1. The van der Waals surface area contributed by atoms with Crippen LogP contribution in [0.25, 0.3) is 0 Å². The molecule has 1 aromatic heterocycles. The number of benzene rings is 2. The second kappa shape index (κ2) is 7.41. The van der Waals surface area contributed by atoms with Crippen LogP contribution in [-0.2, 0) is 16.0 Å². The Kier molecular flexibility index (Phi) is 4.65. The summed E-state index contributed by atoms with van der Waals surface area (Å²) in [6, 6.07) is 19.1. The van der Waals surface area contributed by atoms with E-state index in [0.717, 1.165) is 11.3 Å². The third-order valence-corrected chi connectivity index (χ3v) is 4.46. The number of anilines is 2. The Hall–Kier alpha value is -3.48. The quantitative estimate of drug-likeness (QED) is 0.754. The van der Waals surface area contributed by atoms with E-state index in [9.17, 15) is 9.59 Å². The Morgan fingerprint density at radius 1 is 1.07 bits per heavy atom. The van der Waals surface area contributed by atoms with Crippen molar-refractivity contribution in [2.24, 2.45) is 5.92 Å². The fourth-order valence-corrected chi connectivity index (χ4v) is 3.09. The fourth-order valence-electron chi connectivity index (χ4n) is 3.09. The van der Waals surface area contributed by atoms with Gasteiger partial charge in [0.25, 0.3) is 0 Å². The van der Waals surface area contributed by atoms with Crippen molar-refractivity contribution < 1.29 is 14.0 Å². The minimum Gasteiger partial charge on any atom is -0.407 e. The molecule has 2 heterocycles. The van der Waals surface area contributed by atoms with Crippen LogP contribution < -0.4 is 10.2 Å². The molecule has 0 aliphatic carbocycles. The van der Waals surface area contributed by atoms with Crippen molar-refractivity contribution in [3.8, 4) is 0 Å². The zero-order valence-electron chi connectivity index (χ0n) is 14.5. The summed E-state index contributed by atoms with van der Waals surface area (Å²) in [6.45, 7) is 0.333. The van der Waals surface area contributed by atoms with Crippen LogP contribution in [0.3, 0.4) is 0 Å². The predicted molar refractivity (Wildman–Crippen MR) is 99.1 cm³/mol. The lowest BCUT2D eigenvalue weighted by Gasteiger charge is -2.16. The molecule has 1 N–H and O–H groups in total. The SMILES string of the molecule is O=C(Nc1nnc(Cc2ccccc2)o1)C1CC(=O)N(c2ccccc2)C1. The molecule has 3 aromatic rings. The van der Waals surface area contributed by atoms with Crippen LogP contribution in [-0.4, -0.2) is 28.6 Å². The normalized spacial score (nSPS) is 16.5. The number of carbonyl (C=O) groups is 2. The standard InChI is InChI=1S/C20H18N4O3/c25-18-12-15(13-24(18)16-9-5-2-6-10-16)19(26)21-20-23-22-17(27-20)11-14-7-3-1-4-8-14/h1-10,15H,11-13H2,(H,21,23,26). The number of hydrogen-bond donors (Lipinski definition) is 1. The molecule has 1 fully saturated rings. The van der Waals surface area contributed by atoms with Gasteiger partial charge in [0.15, 0.2) is 0 Å². The van der Waals surface area contributed by atoms with E-state index in [4.69, 9.17) is 4.42 Å². The maximum Gasteiger partial charge on any atom is 0.322 e. The van der Waals surface area contributed by atoms with Crippen LogP contribution in [0.1, 0.15) is 17.9 Å². The average Bonchev–Trinajstić information content (AvgIpc) is 3.30. The van der Waals surface area contributed by atoms with Gasteiger partial charge in [-0.25, -0.2) is 0 Å². The molecule has 1 saturated heterocycles. The van der Waals surface area contributed by atoms with Gasteiger partial charge < -0.3 is 9.32 Å². The molecule has 1 aliphatic heterocycles. The molecule has 2 aromatic carbocycles. The fraction of sp³-hybridized carbons (Fsp3) is 0.200. The second-order valence-corrected chi connectivity index (χ2v) is 6.39. The first-order valence-electron chi connectivity index (χ1n) is 8.71. The molecule has 1 atom stereocenters. The zero-order valence-corrected chi connectivity index (χ0v) is 14.5. The third-order valence-electron chi connectivity index (χ3n) is 4.46. The van der Waals surface area contributed by atoms with E-state index in [0.29, 0.717) is 18.9 Å². The van der Waals surface area contributed by atoms with Gasteiger partial charge in [0.1, 0.15) is 0 Å². The molecular formula is C20H18N4O3. The van der Waals surface area contributed by atoms with Gasteiger partial charge in [0, 0.05) is 18.7 Å². The van der Waals surface area contributed by atoms with E-state index in [-0.39, 0.29) is 24.2 Å². The number of nitrogens with one attached hydrogen (secondary N) is 1. The van der Waals surface area contributed by atoms with Crippen molar-refractivity contribution in [3.05, 3.63) is 72.1 Å². The van der Waals surface area contributed by atoms with Crippen molar-refractivity contribution in [2.75, 3.05) is 16.8 Å². The Bertz CT molecular complexity index is 940. The van der Waals surface area contributed by atoms with Crippen LogP contribution in [0, 0.1) is 5.92 Å². The molecular weight excluding hydrogens is 344 g/mol. The number of rotatable bonds is 5. The first-order valence-corrected chi connectivity index (χ1v) is 8.71. The van der Waals surface area contributed by atoms with E-state index in [1.165, 1.54) is 0 Å². The molecule has 0 saturated carbocycles. The van der Waals surface area contributed by atoms with E-state index in [2.05, 4.69) is 15.5 Å². The zero-order chi connectivity index (χ0) is 18.6. The summed E-state index contributed by atoms with van der Waals surface area (Å²) in [7, 11) is 0. The van der Waals surface area contributed by atoms with Gasteiger partial charge in [-0.1, -0.05) is 53.6 Å².